The van der Waals surface area contributed by atoms with Crippen LogP contribution in [0.15, 0.2) is 12.2 Å². The molecule has 1 aliphatic rings. The maximum Gasteiger partial charge on any atom is 0.368 e. The van der Waals surface area contributed by atoms with Gasteiger partial charge in [0.25, 0.3) is 0 Å². The minimum Gasteiger partial charge on any atom is -0.477 e. The second-order valence-electron chi connectivity index (χ2n) is 1.70. The average Bonchev–Trinajstić information content (AvgIpc) is 2.13. The number of carbonyl (C=O) groups excluding carboxylic acids is 1. The quantitative estimate of drug-likeness (QED) is 0.439. The van der Waals surface area contributed by atoms with Gasteiger partial charge in [-0.3, -0.25) is 0 Å². The summed E-state index contributed by atoms with van der Waals surface area (Å²) >= 11 is 5.27. The standard InChI is InChI=1S/C5H3ClO4/c6-5(4(8)9)2-1-3(7)10-5/h1-2H,(H,8,9). The highest BCUT2D eigenvalue weighted by molar-refractivity contribution is 6.35. The molecule has 0 aliphatic carbocycles. The fraction of sp³-hybridized carbons (Fsp3) is 0.200. The van der Waals surface area contributed by atoms with Gasteiger partial charge in [-0.15, -0.1) is 0 Å². The molecule has 1 unspecified atom stereocenters. The normalized spacial score (nSPS) is 30.3. The molecule has 0 bridgehead atoms. The lowest BCUT2D eigenvalue weighted by molar-refractivity contribution is -0.158. The van der Waals surface area contributed by atoms with Crippen molar-refractivity contribution in [3.05, 3.63) is 12.2 Å². The van der Waals surface area contributed by atoms with Crippen LogP contribution in [0.1, 0.15) is 0 Å². The topological polar surface area (TPSA) is 63.6 Å². The lowest BCUT2D eigenvalue weighted by Crippen LogP contribution is -2.31. The largest absolute Gasteiger partial charge is 0.477 e. The third-order valence-corrected chi connectivity index (χ3v) is 1.34. The highest BCUT2D eigenvalue weighted by Gasteiger charge is 2.41. The summed E-state index contributed by atoms with van der Waals surface area (Å²) in [5.41, 5.74) is 0. The zero-order valence-electron chi connectivity index (χ0n) is 4.70. The van der Waals surface area contributed by atoms with Crippen LogP contribution in [-0.4, -0.2) is 22.1 Å². The predicted molar refractivity (Wildman–Crippen MR) is 31.5 cm³/mol. The van der Waals surface area contributed by atoms with Crippen molar-refractivity contribution in [2.24, 2.45) is 0 Å². The van der Waals surface area contributed by atoms with Crippen molar-refractivity contribution in [1.82, 2.24) is 0 Å². The molecular weight excluding hydrogens is 160 g/mol. The molecule has 1 aliphatic heterocycles. The van der Waals surface area contributed by atoms with E-state index in [1.807, 2.05) is 0 Å². The number of rotatable bonds is 1. The molecule has 10 heavy (non-hydrogen) atoms. The molecule has 1 rings (SSSR count). The van der Waals surface area contributed by atoms with Crippen LogP contribution in [0.4, 0.5) is 0 Å². The van der Waals surface area contributed by atoms with E-state index in [4.69, 9.17) is 16.7 Å². The Balaban J connectivity index is 2.84. The summed E-state index contributed by atoms with van der Waals surface area (Å²) in [5.74, 6) is -2.13. The Bertz CT molecular complexity index is 222. The Kier molecular flexibility index (Phi) is 1.40. The van der Waals surface area contributed by atoms with Gasteiger partial charge in [-0.25, -0.2) is 9.59 Å². The highest BCUT2D eigenvalue weighted by atomic mass is 35.5. The van der Waals surface area contributed by atoms with E-state index in [0.717, 1.165) is 12.2 Å². The summed E-state index contributed by atoms with van der Waals surface area (Å²) in [4.78, 5) is 20.5. The van der Waals surface area contributed by atoms with Gasteiger partial charge < -0.3 is 9.84 Å². The summed E-state index contributed by atoms with van der Waals surface area (Å²) in [7, 11) is 0. The van der Waals surface area contributed by atoms with Crippen LogP contribution in [0.2, 0.25) is 0 Å². The summed E-state index contributed by atoms with van der Waals surface area (Å²) in [6.45, 7) is 0. The Morgan fingerprint density at radius 3 is 2.60 bits per heavy atom. The first-order valence-corrected chi connectivity index (χ1v) is 2.77. The van der Waals surface area contributed by atoms with E-state index in [-0.39, 0.29) is 0 Å². The van der Waals surface area contributed by atoms with E-state index in [2.05, 4.69) is 4.74 Å². The van der Waals surface area contributed by atoms with Crippen molar-refractivity contribution in [1.29, 1.82) is 0 Å². The zero-order valence-corrected chi connectivity index (χ0v) is 5.46. The number of carbonyl (C=O) groups is 2. The van der Waals surface area contributed by atoms with Gasteiger partial charge in [-0.1, -0.05) is 11.6 Å². The van der Waals surface area contributed by atoms with Crippen LogP contribution >= 0.6 is 11.6 Å². The van der Waals surface area contributed by atoms with Crippen LogP contribution in [-0.2, 0) is 14.3 Å². The molecule has 0 aromatic carbocycles. The minimum absolute atomic E-state index is 0.739. The van der Waals surface area contributed by atoms with Gasteiger partial charge in [0.15, 0.2) is 0 Å². The lowest BCUT2D eigenvalue weighted by atomic mass is 10.3. The number of esters is 1. The third kappa shape index (κ3) is 0.974. The van der Waals surface area contributed by atoms with Crippen LogP contribution in [0.5, 0.6) is 0 Å². The number of cyclic esters (lactones) is 1. The van der Waals surface area contributed by atoms with E-state index in [9.17, 15) is 9.59 Å². The Morgan fingerprint density at radius 1 is 1.80 bits per heavy atom. The van der Waals surface area contributed by atoms with Crippen molar-refractivity contribution in [2.45, 2.75) is 5.06 Å². The molecule has 0 radical (unpaired) electrons. The van der Waals surface area contributed by atoms with Gasteiger partial charge in [-0.05, 0) is 6.08 Å². The smallest absolute Gasteiger partial charge is 0.368 e. The van der Waals surface area contributed by atoms with Crippen LogP contribution in [0, 0.1) is 0 Å². The zero-order chi connectivity index (χ0) is 7.78. The van der Waals surface area contributed by atoms with E-state index >= 15 is 0 Å². The molecule has 4 nitrogen and oxygen atoms in total. The van der Waals surface area contributed by atoms with Crippen LogP contribution in [0.3, 0.4) is 0 Å². The third-order valence-electron chi connectivity index (χ3n) is 0.975. The Labute approximate surface area is 61.0 Å². The number of alkyl halides is 1. The molecule has 0 saturated heterocycles. The van der Waals surface area contributed by atoms with Gasteiger partial charge in [0.05, 0.1) is 0 Å². The first-order valence-electron chi connectivity index (χ1n) is 2.39. The van der Waals surface area contributed by atoms with E-state index in [0.29, 0.717) is 0 Å². The number of ether oxygens (including phenoxy) is 1. The van der Waals surface area contributed by atoms with Gasteiger partial charge in [0, 0.05) is 6.08 Å². The van der Waals surface area contributed by atoms with Gasteiger partial charge in [0.1, 0.15) is 0 Å². The highest BCUT2D eigenvalue weighted by Crippen LogP contribution is 2.24. The molecule has 1 N–H and O–H groups in total. The van der Waals surface area contributed by atoms with Crippen LogP contribution < -0.4 is 0 Å². The number of halogens is 1. The van der Waals surface area contributed by atoms with Crippen molar-refractivity contribution >= 4 is 23.5 Å². The molecule has 0 saturated carbocycles. The number of aliphatic carboxylic acids is 1. The SMILES string of the molecule is O=C1C=CC(Cl)(C(=O)O)O1. The Hall–Kier alpha value is -1.03. The van der Waals surface area contributed by atoms with Gasteiger partial charge >= 0.3 is 17.0 Å². The summed E-state index contributed by atoms with van der Waals surface area (Å²) < 4.78 is 4.23. The molecule has 0 aromatic heterocycles. The van der Waals surface area contributed by atoms with Crippen LogP contribution in [0.25, 0.3) is 0 Å². The maximum absolute atomic E-state index is 10.3. The first kappa shape index (κ1) is 7.08. The Morgan fingerprint density at radius 2 is 2.40 bits per heavy atom. The van der Waals surface area contributed by atoms with Gasteiger partial charge in [0.2, 0.25) is 0 Å². The second kappa shape index (κ2) is 1.98. The second-order valence-corrected chi connectivity index (χ2v) is 2.27. The van der Waals surface area contributed by atoms with Crippen molar-refractivity contribution in [2.75, 3.05) is 0 Å². The number of carboxylic acids is 1. The van der Waals surface area contributed by atoms with E-state index in [1.165, 1.54) is 0 Å². The summed E-state index contributed by atoms with van der Waals surface area (Å²) in [5, 5.41) is 6.35. The molecule has 0 amide bonds. The molecule has 0 aromatic rings. The number of carboxylic acid groups (broad SMARTS) is 1. The lowest BCUT2D eigenvalue weighted by Gasteiger charge is -2.11. The maximum atomic E-state index is 10.3. The molecule has 1 heterocycles. The fourth-order valence-electron chi connectivity index (χ4n) is 0.505. The number of hydrogen-bond donors (Lipinski definition) is 1. The molecule has 54 valence electrons. The van der Waals surface area contributed by atoms with E-state index in [1.54, 1.807) is 0 Å². The molecule has 0 spiro atoms. The number of hydrogen-bond acceptors (Lipinski definition) is 3. The molecular formula is C5H3ClO4. The van der Waals surface area contributed by atoms with Crippen molar-refractivity contribution in [3.63, 3.8) is 0 Å². The average molecular weight is 163 g/mol. The van der Waals surface area contributed by atoms with E-state index < -0.39 is 17.0 Å². The monoisotopic (exact) mass is 162 g/mol. The fourth-order valence-corrected chi connectivity index (χ4v) is 0.644. The summed E-state index contributed by atoms with van der Waals surface area (Å²) in [6, 6.07) is 0. The van der Waals surface area contributed by atoms with Crippen molar-refractivity contribution in [3.8, 4) is 0 Å². The van der Waals surface area contributed by atoms with Gasteiger partial charge in [-0.2, -0.15) is 0 Å². The minimum atomic E-state index is -1.98. The predicted octanol–water partition coefficient (Wildman–Crippen LogP) is 0.119. The summed E-state index contributed by atoms with van der Waals surface area (Å²) in [6.07, 6.45) is 1.96. The first-order chi connectivity index (χ1) is 4.54. The molecule has 5 heteroatoms. The van der Waals surface area contributed by atoms with Crippen molar-refractivity contribution < 1.29 is 19.4 Å². The molecule has 0 fully saturated rings. The molecule has 1 atom stereocenters.